The third kappa shape index (κ3) is 3.96. The molecule has 3 aliphatic rings. The number of nitrogens with zero attached hydrogens (tertiary/aromatic N) is 2. The molecule has 0 aliphatic carbocycles. The van der Waals surface area contributed by atoms with E-state index in [-0.39, 0.29) is 6.71 Å². The van der Waals surface area contributed by atoms with Crippen molar-refractivity contribution >= 4 is 86.0 Å². The number of hydrogen-bond donors (Lipinski definition) is 0. The van der Waals surface area contributed by atoms with Crippen LogP contribution < -0.4 is 46.9 Å². The summed E-state index contributed by atoms with van der Waals surface area (Å²) in [5.41, 5.74) is 14.1. The largest absolute Gasteiger partial charge is 0.311 e. The lowest BCUT2D eigenvalue weighted by Crippen LogP contribution is -2.88. The van der Waals surface area contributed by atoms with Crippen molar-refractivity contribution in [1.29, 1.82) is 0 Å². The van der Waals surface area contributed by atoms with Gasteiger partial charge in [0.05, 0.1) is 0 Å². The van der Waals surface area contributed by atoms with Gasteiger partial charge in [-0.25, -0.2) is 0 Å². The van der Waals surface area contributed by atoms with Gasteiger partial charge in [-0.2, -0.15) is 0 Å². The fraction of sp³-hybridized carbons (Fsp3) is 0. The highest BCUT2D eigenvalue weighted by Crippen LogP contribution is 2.44. The molecule has 8 aromatic carbocycles. The Kier molecular flexibility index (Phi) is 6.40. The maximum Gasteiger partial charge on any atom is 0.251 e. The molecular weight excluding hydrogens is 643 g/mol. The normalized spacial score (nSPS) is 14.2. The minimum absolute atomic E-state index is 0.108. The summed E-state index contributed by atoms with van der Waals surface area (Å²) < 4.78 is 0. The molecule has 3 heterocycles. The number of rotatable bonds is 5. The molecule has 11 rings (SSSR count). The Morgan fingerprint density at radius 2 is 0.692 bits per heavy atom. The summed E-state index contributed by atoms with van der Waals surface area (Å²) >= 11 is 0. The molecule has 0 saturated heterocycles. The molecule has 0 bridgehead atoms. The summed E-state index contributed by atoms with van der Waals surface area (Å²) in [5, 5.41) is 5.79. The molecule has 0 N–H and O–H groups in total. The second-order valence-corrected chi connectivity index (χ2v) is 17.8. The minimum atomic E-state index is -2.82. The first-order valence-electron chi connectivity index (χ1n) is 18.2. The Hall–Kier alpha value is -6.36. The quantitative estimate of drug-likeness (QED) is 0.179. The van der Waals surface area contributed by atoms with E-state index >= 15 is 0 Å². The lowest BCUT2D eigenvalue weighted by Gasteiger charge is -2.51. The van der Waals surface area contributed by atoms with Crippen LogP contribution in [0, 0.1) is 0 Å². The van der Waals surface area contributed by atoms with Crippen molar-refractivity contribution in [3.05, 3.63) is 200 Å². The van der Waals surface area contributed by atoms with E-state index in [1.54, 1.807) is 0 Å². The Morgan fingerprint density at radius 1 is 0.308 bits per heavy atom. The Balaban J connectivity index is 1.28. The number of para-hydroxylation sites is 1. The lowest BCUT2D eigenvalue weighted by atomic mass is 9.33. The van der Waals surface area contributed by atoms with Crippen LogP contribution in [0.3, 0.4) is 0 Å². The SMILES string of the molecule is c1ccc(-c2ccc(N3c4cccc5c4B4c6c(cccc6[Si](c6ccccc6)(c6ccccc6)c6cccc3c64)N5c3ccccc3)cc2)cc1. The van der Waals surface area contributed by atoms with Crippen molar-refractivity contribution < 1.29 is 0 Å². The number of hydrogen-bond acceptors (Lipinski definition) is 2. The average molecular weight is 677 g/mol. The van der Waals surface area contributed by atoms with Gasteiger partial charge in [0.15, 0.2) is 8.07 Å². The molecule has 0 spiro atoms. The van der Waals surface area contributed by atoms with Gasteiger partial charge < -0.3 is 9.80 Å². The van der Waals surface area contributed by atoms with E-state index < -0.39 is 8.07 Å². The summed E-state index contributed by atoms with van der Waals surface area (Å²) in [7, 11) is -2.82. The van der Waals surface area contributed by atoms with Crippen LogP contribution in [-0.4, -0.2) is 14.8 Å². The Labute approximate surface area is 306 Å². The fourth-order valence-electron chi connectivity index (χ4n) is 9.55. The summed E-state index contributed by atoms with van der Waals surface area (Å²) in [6.07, 6.45) is 0. The average Bonchev–Trinajstić information content (AvgIpc) is 3.23. The van der Waals surface area contributed by atoms with E-state index in [2.05, 4.69) is 210 Å². The highest BCUT2D eigenvalue weighted by Gasteiger charge is 2.56. The Morgan fingerprint density at radius 3 is 1.19 bits per heavy atom. The Bertz CT molecular complexity index is 2590. The van der Waals surface area contributed by atoms with Crippen LogP contribution in [0.2, 0.25) is 0 Å². The highest BCUT2D eigenvalue weighted by atomic mass is 28.3. The van der Waals surface area contributed by atoms with Gasteiger partial charge in [-0.15, -0.1) is 0 Å². The van der Waals surface area contributed by atoms with Gasteiger partial charge in [0, 0.05) is 34.1 Å². The zero-order valence-corrected chi connectivity index (χ0v) is 29.5. The maximum absolute atomic E-state index is 2.82. The fourth-order valence-corrected chi connectivity index (χ4v) is 14.9. The number of benzene rings is 8. The molecule has 0 atom stereocenters. The van der Waals surface area contributed by atoms with E-state index in [1.165, 1.54) is 82.4 Å². The lowest BCUT2D eigenvalue weighted by molar-refractivity contribution is 1.25. The van der Waals surface area contributed by atoms with Gasteiger partial charge in [0.2, 0.25) is 0 Å². The predicted octanol–water partition coefficient (Wildman–Crippen LogP) is 7.13. The molecule has 242 valence electrons. The van der Waals surface area contributed by atoms with E-state index in [4.69, 9.17) is 0 Å². The van der Waals surface area contributed by atoms with Crippen molar-refractivity contribution in [2.24, 2.45) is 0 Å². The smallest absolute Gasteiger partial charge is 0.251 e. The van der Waals surface area contributed by atoms with Gasteiger partial charge in [0.25, 0.3) is 6.71 Å². The van der Waals surface area contributed by atoms with E-state index in [0.717, 1.165) is 0 Å². The molecule has 52 heavy (non-hydrogen) atoms. The number of anilines is 6. The summed E-state index contributed by atoms with van der Waals surface area (Å²) in [5.74, 6) is 0. The zero-order chi connectivity index (χ0) is 34.2. The van der Waals surface area contributed by atoms with E-state index in [9.17, 15) is 0 Å². The van der Waals surface area contributed by atoms with Crippen LogP contribution >= 0.6 is 0 Å². The van der Waals surface area contributed by atoms with Crippen LogP contribution in [0.25, 0.3) is 11.1 Å². The standard InChI is InChI=1S/C48H33BN2Si/c1-5-16-34(17-6-1)35-30-32-37(33-31-35)51-41-25-13-24-40-46(41)49-47-42(50(40)36-18-7-2-8-19-36)26-14-28-44(47)52(38-20-9-3-10-21-38,39-22-11-4-12-23-39)45-29-15-27-43(51)48(45)49/h1-33H. The monoisotopic (exact) mass is 676 g/mol. The second kappa shape index (κ2) is 11.3. The first kappa shape index (κ1) is 29.4. The van der Waals surface area contributed by atoms with Crippen LogP contribution in [0.1, 0.15) is 0 Å². The highest BCUT2D eigenvalue weighted by molar-refractivity contribution is 7.27. The molecule has 0 fully saturated rings. The molecular formula is C48H33BN2Si. The van der Waals surface area contributed by atoms with E-state index in [1.807, 2.05) is 0 Å². The first-order valence-corrected chi connectivity index (χ1v) is 20.2. The second-order valence-electron chi connectivity index (χ2n) is 14.0. The molecule has 0 amide bonds. The van der Waals surface area contributed by atoms with Gasteiger partial charge in [-0.3, -0.25) is 0 Å². The molecule has 0 aromatic heterocycles. The molecule has 0 radical (unpaired) electrons. The van der Waals surface area contributed by atoms with Crippen LogP contribution in [-0.2, 0) is 0 Å². The first-order chi connectivity index (χ1) is 25.8. The molecule has 3 aliphatic heterocycles. The van der Waals surface area contributed by atoms with Gasteiger partial charge >= 0.3 is 0 Å². The summed E-state index contributed by atoms with van der Waals surface area (Å²) in [6.45, 7) is 0.108. The van der Waals surface area contributed by atoms with Crippen molar-refractivity contribution in [2.75, 3.05) is 9.80 Å². The van der Waals surface area contributed by atoms with Crippen LogP contribution in [0.15, 0.2) is 200 Å². The van der Waals surface area contributed by atoms with Crippen LogP contribution in [0.4, 0.5) is 34.1 Å². The van der Waals surface area contributed by atoms with Crippen molar-refractivity contribution in [2.45, 2.75) is 0 Å². The zero-order valence-electron chi connectivity index (χ0n) is 28.5. The predicted molar refractivity (Wildman–Crippen MR) is 223 cm³/mol. The van der Waals surface area contributed by atoms with Crippen molar-refractivity contribution in [3.8, 4) is 11.1 Å². The third-order valence-corrected chi connectivity index (χ3v) is 16.4. The molecule has 0 saturated carbocycles. The molecule has 4 heteroatoms. The minimum Gasteiger partial charge on any atom is -0.311 e. The van der Waals surface area contributed by atoms with Crippen molar-refractivity contribution in [3.63, 3.8) is 0 Å². The summed E-state index contributed by atoms with van der Waals surface area (Å²) in [6, 6.07) is 74.8. The van der Waals surface area contributed by atoms with Gasteiger partial charge in [-0.05, 0) is 96.8 Å². The molecule has 0 unspecified atom stereocenters. The van der Waals surface area contributed by atoms with Gasteiger partial charge in [0.1, 0.15) is 0 Å². The third-order valence-electron chi connectivity index (χ3n) is 11.5. The van der Waals surface area contributed by atoms with E-state index in [0.29, 0.717) is 0 Å². The maximum atomic E-state index is 2.54. The molecule has 2 nitrogen and oxygen atoms in total. The van der Waals surface area contributed by atoms with Crippen LogP contribution in [0.5, 0.6) is 0 Å². The van der Waals surface area contributed by atoms with Crippen molar-refractivity contribution in [1.82, 2.24) is 0 Å². The molecule has 8 aromatic rings. The summed E-state index contributed by atoms with van der Waals surface area (Å²) in [4.78, 5) is 5.07. The topological polar surface area (TPSA) is 6.48 Å². The van der Waals surface area contributed by atoms with Gasteiger partial charge in [-0.1, -0.05) is 152 Å².